The summed E-state index contributed by atoms with van der Waals surface area (Å²) < 4.78 is 0. The molecular weight excluding hydrogens is 154 g/mol. The van der Waals surface area contributed by atoms with Crippen LogP contribution in [0.1, 0.15) is 0 Å². The average Bonchev–Trinajstić information content (AvgIpc) is 2.33. The van der Waals surface area contributed by atoms with Gasteiger partial charge in [0.05, 0.1) is 6.20 Å². The monoisotopic (exact) mass is 155 g/mol. The van der Waals surface area contributed by atoms with Crippen LogP contribution in [0.25, 0.3) is 11.2 Å². The van der Waals surface area contributed by atoms with Crippen LogP contribution in [0.15, 0.2) is 6.20 Å². The molecule has 0 aliphatic rings. The summed E-state index contributed by atoms with van der Waals surface area (Å²) in [5, 5.41) is 13.7. The zero-order valence-electron chi connectivity index (χ0n) is 4.74. The van der Waals surface area contributed by atoms with Crippen molar-refractivity contribution >= 4 is 22.8 Å². The molecule has 2 aromatic rings. The summed E-state index contributed by atoms with van der Waals surface area (Å²) in [6.07, 6.45) is 1.53. The molecule has 0 aliphatic carbocycles. The molecule has 2 rings (SSSR count). The molecule has 0 saturated heterocycles. The van der Waals surface area contributed by atoms with Crippen LogP contribution in [0.3, 0.4) is 0 Å². The number of nitrogens with zero attached hydrogens (tertiary/aromatic N) is 4. The summed E-state index contributed by atoms with van der Waals surface area (Å²) in [7, 11) is 0. The first-order valence-corrected chi connectivity index (χ1v) is 2.93. The third-order valence-electron chi connectivity index (χ3n) is 1.04. The first kappa shape index (κ1) is 5.55. The molecule has 6 heteroatoms. The van der Waals surface area contributed by atoms with Gasteiger partial charge in [-0.15, -0.1) is 10.2 Å². The van der Waals surface area contributed by atoms with Gasteiger partial charge in [0.1, 0.15) is 5.52 Å². The Balaban J connectivity index is 2.86. The Hall–Kier alpha value is -1.23. The molecule has 0 aromatic carbocycles. The summed E-state index contributed by atoms with van der Waals surface area (Å²) in [4.78, 5) is 3.81. The highest BCUT2D eigenvalue weighted by atomic mass is 35.5. The number of aromatic nitrogens is 5. The lowest BCUT2D eigenvalue weighted by Gasteiger charge is -1.84. The maximum Gasteiger partial charge on any atom is 0.245 e. The van der Waals surface area contributed by atoms with Crippen LogP contribution in [-0.4, -0.2) is 25.4 Å². The molecule has 0 spiro atoms. The molecule has 0 aliphatic heterocycles. The predicted octanol–water partition coefficient (Wildman–Crippen LogP) is 0.401. The molecule has 0 unspecified atom stereocenters. The zero-order valence-corrected chi connectivity index (χ0v) is 5.50. The highest BCUT2D eigenvalue weighted by Crippen LogP contribution is 2.04. The van der Waals surface area contributed by atoms with Crippen molar-refractivity contribution in [3.05, 3.63) is 11.5 Å². The molecule has 5 nitrogen and oxygen atoms in total. The minimum absolute atomic E-state index is 0.122. The zero-order chi connectivity index (χ0) is 6.97. The molecule has 10 heavy (non-hydrogen) atoms. The fourth-order valence-corrected chi connectivity index (χ4v) is 0.760. The molecule has 0 atom stereocenters. The minimum atomic E-state index is 0.122. The van der Waals surface area contributed by atoms with Crippen molar-refractivity contribution in [2.24, 2.45) is 0 Å². The molecule has 1 N–H and O–H groups in total. The van der Waals surface area contributed by atoms with E-state index in [1.54, 1.807) is 0 Å². The molecular formula is C4H2ClN5. The van der Waals surface area contributed by atoms with Crippen LogP contribution in [0, 0.1) is 0 Å². The summed E-state index contributed by atoms with van der Waals surface area (Å²) in [6.45, 7) is 0. The smallest absolute Gasteiger partial charge is 0.245 e. The van der Waals surface area contributed by atoms with E-state index in [0.29, 0.717) is 11.2 Å². The normalized spacial score (nSPS) is 10.5. The van der Waals surface area contributed by atoms with Gasteiger partial charge in [0.2, 0.25) is 5.28 Å². The van der Waals surface area contributed by atoms with E-state index in [-0.39, 0.29) is 5.28 Å². The van der Waals surface area contributed by atoms with Gasteiger partial charge in [-0.2, -0.15) is 10.1 Å². The van der Waals surface area contributed by atoms with Gasteiger partial charge in [0.25, 0.3) is 0 Å². The Morgan fingerprint density at radius 3 is 3.20 bits per heavy atom. The summed E-state index contributed by atoms with van der Waals surface area (Å²) in [5.74, 6) is 0. The Labute approximate surface area is 60.4 Å². The lowest BCUT2D eigenvalue weighted by atomic mass is 10.6. The topological polar surface area (TPSA) is 67.3 Å². The molecule has 2 aromatic heterocycles. The lowest BCUT2D eigenvalue weighted by molar-refractivity contribution is 1.02. The number of fused-ring (bicyclic) bond motifs is 1. The number of aromatic amines is 1. The number of H-pyrrole nitrogens is 1. The van der Waals surface area contributed by atoms with Gasteiger partial charge in [-0.3, -0.25) is 5.10 Å². The van der Waals surface area contributed by atoms with Gasteiger partial charge in [-0.05, 0) is 11.6 Å². The van der Waals surface area contributed by atoms with Crippen molar-refractivity contribution in [2.75, 3.05) is 0 Å². The Kier molecular flexibility index (Phi) is 1.04. The number of halogens is 1. The fraction of sp³-hybridized carbons (Fsp3) is 0. The van der Waals surface area contributed by atoms with Crippen LogP contribution in [-0.2, 0) is 0 Å². The van der Waals surface area contributed by atoms with E-state index in [1.165, 1.54) is 6.20 Å². The highest BCUT2D eigenvalue weighted by Gasteiger charge is 1.98. The number of nitrogens with one attached hydrogen (secondary N) is 1. The quantitative estimate of drug-likeness (QED) is 0.598. The minimum Gasteiger partial charge on any atom is -0.259 e. The first-order chi connectivity index (χ1) is 4.86. The second-order valence-electron chi connectivity index (χ2n) is 1.68. The first-order valence-electron chi connectivity index (χ1n) is 2.55. The van der Waals surface area contributed by atoms with E-state index < -0.39 is 0 Å². The van der Waals surface area contributed by atoms with Gasteiger partial charge >= 0.3 is 0 Å². The van der Waals surface area contributed by atoms with Gasteiger partial charge in [0, 0.05) is 0 Å². The van der Waals surface area contributed by atoms with E-state index in [1.807, 2.05) is 0 Å². The summed E-state index contributed by atoms with van der Waals surface area (Å²) in [6, 6.07) is 0. The van der Waals surface area contributed by atoms with Crippen molar-refractivity contribution in [2.45, 2.75) is 0 Å². The van der Waals surface area contributed by atoms with E-state index in [2.05, 4.69) is 25.4 Å². The second kappa shape index (κ2) is 1.88. The number of rotatable bonds is 0. The maximum absolute atomic E-state index is 5.44. The largest absolute Gasteiger partial charge is 0.259 e. The standard InChI is InChI=1S/C4H2ClN5/c5-4-7-3-2(8-10-4)1-6-9-3/h1H,(H,6,7,9,10). The maximum atomic E-state index is 5.44. The summed E-state index contributed by atoms with van der Waals surface area (Å²) >= 11 is 5.44. The van der Waals surface area contributed by atoms with Crippen molar-refractivity contribution in [3.8, 4) is 0 Å². The lowest BCUT2D eigenvalue weighted by Crippen LogP contribution is -1.86. The van der Waals surface area contributed by atoms with Crippen LogP contribution in [0.4, 0.5) is 0 Å². The number of hydrogen-bond donors (Lipinski definition) is 1. The van der Waals surface area contributed by atoms with Crippen molar-refractivity contribution in [1.29, 1.82) is 0 Å². The highest BCUT2D eigenvalue weighted by molar-refractivity contribution is 6.28. The van der Waals surface area contributed by atoms with Gasteiger partial charge in [0.15, 0.2) is 5.65 Å². The van der Waals surface area contributed by atoms with E-state index in [9.17, 15) is 0 Å². The average molecular weight is 156 g/mol. The van der Waals surface area contributed by atoms with Gasteiger partial charge in [-0.1, -0.05) is 0 Å². The molecule has 0 amide bonds. The van der Waals surface area contributed by atoms with Crippen LogP contribution >= 0.6 is 11.6 Å². The van der Waals surface area contributed by atoms with E-state index in [0.717, 1.165) is 0 Å². The summed E-state index contributed by atoms with van der Waals surface area (Å²) in [5.41, 5.74) is 1.17. The molecule has 2 heterocycles. The fourth-order valence-electron chi connectivity index (χ4n) is 0.638. The van der Waals surface area contributed by atoms with Crippen LogP contribution in [0.5, 0.6) is 0 Å². The Morgan fingerprint density at radius 1 is 1.40 bits per heavy atom. The third kappa shape index (κ3) is 0.714. The van der Waals surface area contributed by atoms with Crippen LogP contribution in [0.2, 0.25) is 5.28 Å². The molecule has 0 radical (unpaired) electrons. The molecule has 0 bridgehead atoms. The van der Waals surface area contributed by atoms with Gasteiger partial charge in [-0.25, -0.2) is 0 Å². The van der Waals surface area contributed by atoms with Gasteiger partial charge < -0.3 is 0 Å². The van der Waals surface area contributed by atoms with Crippen molar-refractivity contribution < 1.29 is 0 Å². The second-order valence-corrected chi connectivity index (χ2v) is 2.02. The molecule has 0 saturated carbocycles. The predicted molar refractivity (Wildman–Crippen MR) is 34.5 cm³/mol. The Bertz CT molecular complexity index is 355. The number of hydrogen-bond acceptors (Lipinski definition) is 4. The SMILES string of the molecule is Clc1nnc2cn[nH]c2n1. The van der Waals surface area contributed by atoms with Crippen LogP contribution < -0.4 is 0 Å². The Morgan fingerprint density at radius 2 is 2.30 bits per heavy atom. The molecule has 0 fully saturated rings. The van der Waals surface area contributed by atoms with E-state index in [4.69, 9.17) is 11.6 Å². The third-order valence-corrected chi connectivity index (χ3v) is 1.20. The van der Waals surface area contributed by atoms with Crippen molar-refractivity contribution in [3.63, 3.8) is 0 Å². The van der Waals surface area contributed by atoms with Crippen molar-refractivity contribution in [1.82, 2.24) is 25.4 Å². The molecule has 50 valence electrons. The van der Waals surface area contributed by atoms with E-state index >= 15 is 0 Å².